The minimum atomic E-state index is -1.18. The number of carboxylic acids is 1. The van der Waals surface area contributed by atoms with Crippen molar-refractivity contribution in [2.75, 3.05) is 0 Å². The van der Waals surface area contributed by atoms with Gasteiger partial charge in [0.15, 0.2) is 5.82 Å². The zero-order valence-electron chi connectivity index (χ0n) is 10.1. The molecule has 0 aliphatic rings. The first-order valence-corrected chi connectivity index (χ1v) is 5.38. The first-order chi connectivity index (χ1) is 9.06. The molecule has 2 aromatic heterocycles. The highest BCUT2D eigenvalue weighted by atomic mass is 16.4. The maximum Gasteiger partial charge on any atom is 0.354 e. The van der Waals surface area contributed by atoms with Crippen LogP contribution in [0.5, 0.6) is 0 Å². The van der Waals surface area contributed by atoms with Crippen molar-refractivity contribution in [2.24, 2.45) is 7.05 Å². The van der Waals surface area contributed by atoms with Crippen LogP contribution in [0.1, 0.15) is 26.7 Å². The number of pyridine rings is 1. The second kappa shape index (κ2) is 5.25. The Balaban J connectivity index is 2.03. The van der Waals surface area contributed by atoms with Gasteiger partial charge in [0.05, 0.1) is 6.54 Å². The second-order valence-electron chi connectivity index (χ2n) is 3.75. The second-order valence-corrected chi connectivity index (χ2v) is 3.75. The highest BCUT2D eigenvalue weighted by Gasteiger charge is 2.11. The van der Waals surface area contributed by atoms with Gasteiger partial charge in [-0.15, -0.1) is 0 Å². The van der Waals surface area contributed by atoms with E-state index in [0.717, 1.165) is 0 Å². The Labute approximate surface area is 108 Å². The molecule has 98 valence electrons. The molecule has 0 fully saturated rings. The number of hydrogen-bond acceptors (Lipinski definition) is 5. The number of rotatable bonds is 4. The largest absolute Gasteiger partial charge is 0.477 e. The number of hydrogen-bond donors (Lipinski definition) is 2. The van der Waals surface area contributed by atoms with Crippen molar-refractivity contribution >= 4 is 11.9 Å². The quantitative estimate of drug-likeness (QED) is 0.791. The standard InChI is InChI=1S/C11H11N5O3/c1-16-6-14-9(15-16)5-13-10(17)7-2-3-12-8(4-7)11(18)19/h2-4,6H,5H2,1H3,(H,13,17)(H,18,19). The summed E-state index contributed by atoms with van der Waals surface area (Å²) in [6, 6.07) is 2.65. The summed E-state index contributed by atoms with van der Waals surface area (Å²) < 4.78 is 1.52. The third kappa shape index (κ3) is 3.12. The fourth-order valence-electron chi connectivity index (χ4n) is 1.42. The Kier molecular flexibility index (Phi) is 3.51. The van der Waals surface area contributed by atoms with Crippen molar-refractivity contribution in [1.82, 2.24) is 25.1 Å². The van der Waals surface area contributed by atoms with Crippen molar-refractivity contribution in [1.29, 1.82) is 0 Å². The summed E-state index contributed by atoms with van der Waals surface area (Å²) in [6.07, 6.45) is 2.80. The molecule has 2 rings (SSSR count). The molecular weight excluding hydrogens is 250 g/mol. The van der Waals surface area contributed by atoms with Gasteiger partial charge in [-0.05, 0) is 12.1 Å². The molecule has 0 aromatic carbocycles. The van der Waals surface area contributed by atoms with Crippen LogP contribution in [0.15, 0.2) is 24.7 Å². The SMILES string of the molecule is Cn1cnc(CNC(=O)c2ccnc(C(=O)O)c2)n1. The number of aryl methyl sites for hydroxylation is 1. The minimum Gasteiger partial charge on any atom is -0.477 e. The van der Waals surface area contributed by atoms with E-state index in [-0.39, 0.29) is 17.8 Å². The highest BCUT2D eigenvalue weighted by Crippen LogP contribution is 2.02. The average Bonchev–Trinajstić information content (AvgIpc) is 2.82. The van der Waals surface area contributed by atoms with Crippen LogP contribution in [0.3, 0.4) is 0 Å². The fourth-order valence-corrected chi connectivity index (χ4v) is 1.42. The van der Waals surface area contributed by atoms with Crippen LogP contribution in [0.2, 0.25) is 0 Å². The lowest BCUT2D eigenvalue weighted by atomic mass is 10.2. The third-order valence-electron chi connectivity index (χ3n) is 2.30. The Morgan fingerprint density at radius 3 is 2.84 bits per heavy atom. The van der Waals surface area contributed by atoms with Crippen LogP contribution in [0.4, 0.5) is 0 Å². The van der Waals surface area contributed by atoms with E-state index in [0.29, 0.717) is 5.82 Å². The summed E-state index contributed by atoms with van der Waals surface area (Å²) in [6.45, 7) is 0.171. The Bertz CT molecular complexity index is 622. The number of carbonyl (C=O) groups excluding carboxylic acids is 1. The molecule has 0 saturated heterocycles. The summed E-state index contributed by atoms with van der Waals surface area (Å²) in [4.78, 5) is 30.1. The number of aromatic carboxylic acids is 1. The van der Waals surface area contributed by atoms with Crippen molar-refractivity contribution in [3.8, 4) is 0 Å². The topological polar surface area (TPSA) is 110 Å². The summed E-state index contributed by atoms with van der Waals surface area (Å²) in [5, 5.41) is 15.4. The van der Waals surface area contributed by atoms with E-state index in [2.05, 4.69) is 20.4 Å². The van der Waals surface area contributed by atoms with Crippen LogP contribution in [0, 0.1) is 0 Å². The molecule has 2 heterocycles. The molecule has 19 heavy (non-hydrogen) atoms. The van der Waals surface area contributed by atoms with Gasteiger partial charge in [-0.2, -0.15) is 5.10 Å². The molecule has 2 aromatic rings. The molecule has 8 nitrogen and oxygen atoms in total. The van der Waals surface area contributed by atoms with E-state index in [9.17, 15) is 9.59 Å². The smallest absolute Gasteiger partial charge is 0.354 e. The normalized spacial score (nSPS) is 10.2. The number of amides is 1. The molecule has 0 bridgehead atoms. The Morgan fingerprint density at radius 2 is 2.21 bits per heavy atom. The van der Waals surface area contributed by atoms with Gasteiger partial charge in [-0.1, -0.05) is 0 Å². The first kappa shape index (κ1) is 12.7. The summed E-state index contributed by atoms with van der Waals surface area (Å²) in [5.41, 5.74) is 0.0481. The van der Waals surface area contributed by atoms with E-state index >= 15 is 0 Å². The molecular formula is C11H11N5O3. The molecule has 0 spiro atoms. The predicted octanol–water partition coefficient (Wildman–Crippen LogP) is -0.162. The van der Waals surface area contributed by atoms with E-state index in [4.69, 9.17) is 5.11 Å². The number of carbonyl (C=O) groups is 2. The van der Waals surface area contributed by atoms with Gasteiger partial charge >= 0.3 is 5.97 Å². The van der Waals surface area contributed by atoms with Crippen molar-refractivity contribution in [3.63, 3.8) is 0 Å². The van der Waals surface area contributed by atoms with Crippen LogP contribution < -0.4 is 5.32 Å². The van der Waals surface area contributed by atoms with E-state index in [1.165, 1.54) is 29.3 Å². The van der Waals surface area contributed by atoms with Gasteiger partial charge in [-0.3, -0.25) is 9.48 Å². The number of carboxylic acid groups (broad SMARTS) is 1. The maximum absolute atomic E-state index is 11.8. The molecule has 1 amide bonds. The summed E-state index contributed by atoms with van der Waals surface area (Å²) >= 11 is 0. The van der Waals surface area contributed by atoms with Crippen molar-refractivity contribution in [3.05, 3.63) is 41.7 Å². The Hall–Kier alpha value is -2.77. The number of nitrogens with one attached hydrogen (secondary N) is 1. The van der Waals surface area contributed by atoms with E-state index in [1.54, 1.807) is 7.05 Å². The summed E-state index contributed by atoms with van der Waals surface area (Å²) in [5.74, 6) is -1.11. The molecule has 0 unspecified atom stereocenters. The zero-order valence-corrected chi connectivity index (χ0v) is 10.1. The predicted molar refractivity (Wildman–Crippen MR) is 63.4 cm³/mol. The zero-order chi connectivity index (χ0) is 13.8. The van der Waals surface area contributed by atoms with Gasteiger partial charge in [-0.25, -0.2) is 14.8 Å². The Morgan fingerprint density at radius 1 is 1.42 bits per heavy atom. The average molecular weight is 261 g/mol. The van der Waals surface area contributed by atoms with E-state index < -0.39 is 11.9 Å². The lowest BCUT2D eigenvalue weighted by Gasteiger charge is -2.03. The van der Waals surface area contributed by atoms with Crippen LogP contribution >= 0.6 is 0 Å². The fraction of sp³-hybridized carbons (Fsp3) is 0.182. The molecule has 0 atom stereocenters. The molecule has 2 N–H and O–H groups in total. The maximum atomic E-state index is 11.8. The number of aromatic nitrogens is 4. The lowest BCUT2D eigenvalue weighted by molar-refractivity contribution is 0.0690. The first-order valence-electron chi connectivity index (χ1n) is 5.38. The molecule has 8 heteroatoms. The van der Waals surface area contributed by atoms with Crippen LogP contribution in [0.25, 0.3) is 0 Å². The lowest BCUT2D eigenvalue weighted by Crippen LogP contribution is -2.24. The van der Waals surface area contributed by atoms with Crippen molar-refractivity contribution < 1.29 is 14.7 Å². The van der Waals surface area contributed by atoms with Gasteiger partial charge in [0.25, 0.3) is 5.91 Å². The molecule has 0 aliphatic carbocycles. The van der Waals surface area contributed by atoms with Crippen LogP contribution in [-0.2, 0) is 13.6 Å². The van der Waals surface area contributed by atoms with Crippen molar-refractivity contribution in [2.45, 2.75) is 6.54 Å². The van der Waals surface area contributed by atoms with Gasteiger partial charge < -0.3 is 10.4 Å². The monoisotopic (exact) mass is 261 g/mol. The summed E-state index contributed by atoms with van der Waals surface area (Å²) in [7, 11) is 1.72. The van der Waals surface area contributed by atoms with E-state index in [1.807, 2.05) is 0 Å². The van der Waals surface area contributed by atoms with Crippen LogP contribution in [-0.4, -0.2) is 36.7 Å². The molecule has 0 saturated carbocycles. The number of nitrogens with zero attached hydrogens (tertiary/aromatic N) is 4. The van der Waals surface area contributed by atoms with Gasteiger partial charge in [0.1, 0.15) is 12.0 Å². The van der Waals surface area contributed by atoms with Gasteiger partial charge in [0.2, 0.25) is 0 Å². The minimum absolute atomic E-state index is 0.171. The highest BCUT2D eigenvalue weighted by molar-refractivity contribution is 5.96. The molecule has 0 radical (unpaired) electrons. The molecule has 0 aliphatic heterocycles. The third-order valence-corrected chi connectivity index (χ3v) is 2.30. The van der Waals surface area contributed by atoms with Gasteiger partial charge in [0, 0.05) is 18.8 Å².